The highest BCUT2D eigenvalue weighted by Gasteiger charge is 2.30. The van der Waals surface area contributed by atoms with Crippen LogP contribution in [0.1, 0.15) is 22.8 Å². The number of rotatable bonds is 2. The molecular weight excluding hydrogens is 324 g/mol. The van der Waals surface area contributed by atoms with Gasteiger partial charge in [-0.1, -0.05) is 72.3 Å². The second-order valence-electron chi connectivity index (χ2n) is 6.50. The molecule has 3 aromatic rings. The van der Waals surface area contributed by atoms with Gasteiger partial charge in [-0.2, -0.15) is 0 Å². The van der Waals surface area contributed by atoms with Crippen LogP contribution in [0.3, 0.4) is 0 Å². The normalized spacial score (nSPS) is 15.5. The molecule has 1 unspecified atom stereocenters. The summed E-state index contributed by atoms with van der Waals surface area (Å²) in [6, 6.07) is 22.6. The average Bonchev–Trinajstić information content (AvgIpc) is 2.85. The summed E-state index contributed by atoms with van der Waals surface area (Å²) in [6.45, 7) is 2.41. The van der Waals surface area contributed by atoms with Gasteiger partial charge in [0.2, 0.25) is 0 Å². The van der Waals surface area contributed by atoms with E-state index in [4.69, 9.17) is 9.47 Å². The van der Waals surface area contributed by atoms with Gasteiger partial charge in [0, 0.05) is 0 Å². The predicted molar refractivity (Wildman–Crippen MR) is 102 cm³/mol. The first-order valence-electron chi connectivity index (χ1n) is 8.66. The maximum Gasteiger partial charge on any atom is 0.339 e. The molecule has 3 nitrogen and oxygen atoms in total. The molecule has 1 aliphatic rings. The minimum atomic E-state index is -0.716. The van der Waals surface area contributed by atoms with Gasteiger partial charge < -0.3 is 9.47 Å². The summed E-state index contributed by atoms with van der Waals surface area (Å²) in [5, 5.41) is 0. The number of carbonyl (C=O) groups excluding carboxylic acids is 1. The van der Waals surface area contributed by atoms with Crippen LogP contribution in [0.25, 0.3) is 22.3 Å². The van der Waals surface area contributed by atoms with Gasteiger partial charge in [0.05, 0.1) is 13.7 Å². The van der Waals surface area contributed by atoms with Crippen molar-refractivity contribution < 1.29 is 14.3 Å². The monoisotopic (exact) mass is 344 g/mol. The second-order valence-corrected chi connectivity index (χ2v) is 6.50. The lowest BCUT2D eigenvalue weighted by molar-refractivity contribution is -0.155. The maximum absolute atomic E-state index is 12.3. The predicted octanol–water partition coefficient (Wildman–Crippen LogP) is 5.07. The molecule has 1 aliphatic heterocycles. The number of esters is 1. The van der Waals surface area contributed by atoms with Crippen LogP contribution in [0.2, 0.25) is 0 Å². The smallest absolute Gasteiger partial charge is 0.339 e. The molecule has 0 bridgehead atoms. The van der Waals surface area contributed by atoms with Gasteiger partial charge in [-0.05, 0) is 40.3 Å². The molecule has 130 valence electrons. The van der Waals surface area contributed by atoms with Crippen LogP contribution >= 0.6 is 0 Å². The molecule has 0 radical (unpaired) electrons. The SMILES string of the molecule is COC(=O)C1OCc2c(-c3ccccc3)cccc2-c2cc(C)ccc21. The Morgan fingerprint density at radius 2 is 1.73 bits per heavy atom. The third-order valence-corrected chi connectivity index (χ3v) is 4.85. The van der Waals surface area contributed by atoms with E-state index in [2.05, 4.69) is 43.3 Å². The number of fused-ring (bicyclic) bond motifs is 3. The lowest BCUT2D eigenvalue weighted by atomic mass is 9.89. The summed E-state index contributed by atoms with van der Waals surface area (Å²) < 4.78 is 11.0. The largest absolute Gasteiger partial charge is 0.467 e. The zero-order valence-corrected chi connectivity index (χ0v) is 14.9. The van der Waals surface area contributed by atoms with Gasteiger partial charge in [-0.25, -0.2) is 4.79 Å². The topological polar surface area (TPSA) is 35.5 Å². The Hall–Kier alpha value is -2.91. The van der Waals surface area contributed by atoms with Crippen LogP contribution < -0.4 is 0 Å². The third-order valence-electron chi connectivity index (χ3n) is 4.85. The van der Waals surface area contributed by atoms with Crippen LogP contribution in [0.5, 0.6) is 0 Å². The quantitative estimate of drug-likeness (QED) is 0.609. The van der Waals surface area contributed by atoms with E-state index in [0.717, 1.165) is 38.9 Å². The van der Waals surface area contributed by atoms with Crippen molar-refractivity contribution in [3.05, 3.63) is 83.4 Å². The Balaban J connectivity index is 1.95. The third kappa shape index (κ3) is 2.80. The first kappa shape index (κ1) is 16.6. The summed E-state index contributed by atoms with van der Waals surface area (Å²) in [4.78, 5) is 12.3. The van der Waals surface area contributed by atoms with Gasteiger partial charge in [-0.15, -0.1) is 0 Å². The summed E-state index contributed by atoms with van der Waals surface area (Å²) in [5.74, 6) is -0.371. The van der Waals surface area contributed by atoms with Crippen LogP contribution in [0.15, 0.2) is 66.7 Å². The van der Waals surface area contributed by atoms with E-state index in [-0.39, 0.29) is 5.97 Å². The van der Waals surface area contributed by atoms with E-state index in [1.165, 1.54) is 7.11 Å². The van der Waals surface area contributed by atoms with E-state index < -0.39 is 6.10 Å². The van der Waals surface area contributed by atoms with Crippen LogP contribution in [0, 0.1) is 6.92 Å². The Morgan fingerprint density at radius 1 is 0.962 bits per heavy atom. The fourth-order valence-electron chi connectivity index (χ4n) is 3.57. The van der Waals surface area contributed by atoms with Crippen molar-refractivity contribution in [1.82, 2.24) is 0 Å². The number of carbonyl (C=O) groups is 1. The van der Waals surface area contributed by atoms with Crippen molar-refractivity contribution in [2.24, 2.45) is 0 Å². The molecule has 0 fully saturated rings. The lowest BCUT2D eigenvalue weighted by Crippen LogP contribution is -2.17. The Kier molecular flexibility index (Phi) is 4.31. The summed E-state index contributed by atoms with van der Waals surface area (Å²) >= 11 is 0. The zero-order chi connectivity index (χ0) is 18.1. The molecule has 3 aromatic carbocycles. The van der Waals surface area contributed by atoms with Crippen LogP contribution in [0.4, 0.5) is 0 Å². The van der Waals surface area contributed by atoms with Crippen molar-refractivity contribution >= 4 is 5.97 Å². The fourth-order valence-corrected chi connectivity index (χ4v) is 3.57. The summed E-state index contributed by atoms with van der Waals surface area (Å²) in [6.07, 6.45) is -0.716. The molecule has 1 heterocycles. The molecule has 0 spiro atoms. The highest BCUT2D eigenvalue weighted by atomic mass is 16.6. The number of ether oxygens (including phenoxy) is 2. The van der Waals surface area contributed by atoms with Crippen molar-refractivity contribution in [3.63, 3.8) is 0 Å². The van der Waals surface area contributed by atoms with E-state index in [1.807, 2.05) is 30.3 Å². The first-order valence-corrected chi connectivity index (χ1v) is 8.66. The van der Waals surface area contributed by atoms with Crippen LogP contribution in [-0.2, 0) is 20.9 Å². The van der Waals surface area contributed by atoms with Gasteiger partial charge >= 0.3 is 5.97 Å². The highest BCUT2D eigenvalue weighted by molar-refractivity contribution is 5.85. The summed E-state index contributed by atoms with van der Waals surface area (Å²) in [5.41, 5.74) is 7.50. The molecule has 26 heavy (non-hydrogen) atoms. The highest BCUT2D eigenvalue weighted by Crippen LogP contribution is 2.41. The van der Waals surface area contributed by atoms with Crippen LogP contribution in [-0.4, -0.2) is 13.1 Å². The molecular formula is C23H20O3. The van der Waals surface area contributed by atoms with E-state index >= 15 is 0 Å². The molecule has 0 aliphatic carbocycles. The average molecular weight is 344 g/mol. The second kappa shape index (κ2) is 6.77. The maximum atomic E-state index is 12.3. The van der Waals surface area contributed by atoms with Gasteiger partial charge in [0.25, 0.3) is 0 Å². The minimum Gasteiger partial charge on any atom is -0.467 e. The van der Waals surface area contributed by atoms with Gasteiger partial charge in [0.1, 0.15) is 0 Å². The standard InChI is InChI=1S/C23H20O3/c1-15-11-12-19-20(13-15)18-10-6-9-17(16-7-4-3-5-8-16)21(18)14-26-22(19)23(24)25-2/h3-13,22H,14H2,1-2H3. The number of hydrogen-bond donors (Lipinski definition) is 0. The number of benzene rings is 3. The number of aryl methyl sites for hydroxylation is 1. The summed E-state index contributed by atoms with van der Waals surface area (Å²) in [7, 11) is 1.40. The molecule has 0 N–H and O–H groups in total. The molecule has 0 saturated heterocycles. The molecule has 1 atom stereocenters. The fraction of sp³-hybridized carbons (Fsp3) is 0.174. The minimum absolute atomic E-state index is 0.355. The van der Waals surface area contributed by atoms with Gasteiger partial charge in [0.15, 0.2) is 6.10 Å². The Morgan fingerprint density at radius 3 is 2.50 bits per heavy atom. The molecule has 4 rings (SSSR count). The molecule has 0 saturated carbocycles. The Labute approximate surface area is 153 Å². The van der Waals surface area contributed by atoms with Crippen molar-refractivity contribution in [1.29, 1.82) is 0 Å². The number of hydrogen-bond acceptors (Lipinski definition) is 3. The first-order chi connectivity index (χ1) is 12.7. The van der Waals surface area contributed by atoms with Crippen molar-refractivity contribution in [2.45, 2.75) is 19.6 Å². The number of methoxy groups -OCH3 is 1. The zero-order valence-electron chi connectivity index (χ0n) is 14.9. The van der Waals surface area contributed by atoms with E-state index in [0.29, 0.717) is 6.61 Å². The van der Waals surface area contributed by atoms with E-state index in [1.54, 1.807) is 0 Å². The van der Waals surface area contributed by atoms with Gasteiger partial charge in [-0.3, -0.25) is 0 Å². The van der Waals surface area contributed by atoms with Crippen molar-refractivity contribution in [3.8, 4) is 22.3 Å². The lowest BCUT2D eigenvalue weighted by Gasteiger charge is -2.16. The van der Waals surface area contributed by atoms with Crippen molar-refractivity contribution in [2.75, 3.05) is 7.11 Å². The molecule has 0 amide bonds. The Bertz CT molecular complexity index is 960. The molecule has 3 heteroatoms. The van der Waals surface area contributed by atoms with E-state index in [9.17, 15) is 4.79 Å². The molecule has 0 aromatic heterocycles.